The number of aromatic nitrogens is 2. The zero-order valence-electron chi connectivity index (χ0n) is 46.3. The number of benzene rings is 2. The van der Waals surface area contributed by atoms with Crippen LogP contribution in [0, 0.1) is 23.5 Å². The third-order valence-corrected chi connectivity index (χ3v) is 16.8. The molecule has 15 nitrogen and oxygen atoms in total. The van der Waals surface area contributed by atoms with E-state index in [0.29, 0.717) is 92.5 Å². The first-order valence-corrected chi connectivity index (χ1v) is 29.1. The van der Waals surface area contributed by atoms with Crippen molar-refractivity contribution in [3.8, 4) is 0 Å². The third kappa shape index (κ3) is 14.6. The summed E-state index contributed by atoms with van der Waals surface area (Å²) in [5, 5.41) is 10.8. The predicted molar refractivity (Wildman–Crippen MR) is 297 cm³/mol. The van der Waals surface area contributed by atoms with Crippen LogP contribution in [-0.4, -0.2) is 154 Å². The van der Waals surface area contributed by atoms with Gasteiger partial charge in [-0.25, -0.2) is 13.9 Å². The Morgan fingerprint density at radius 1 is 0.769 bits per heavy atom. The Balaban J connectivity index is 0.00000194. The molecule has 3 aromatic rings. The lowest BCUT2D eigenvalue weighted by atomic mass is 9.83. The first kappa shape index (κ1) is 58.1. The first-order chi connectivity index (χ1) is 37.8. The van der Waals surface area contributed by atoms with E-state index >= 15 is 8.78 Å². The molecule has 78 heavy (non-hydrogen) atoms. The molecule has 6 aliphatic rings. The predicted octanol–water partition coefficient (Wildman–Crippen LogP) is 6.46. The monoisotopic (exact) mass is 1080 g/mol. The minimum atomic E-state index is -0.750. The highest BCUT2D eigenvalue weighted by Gasteiger charge is 2.39. The van der Waals surface area contributed by atoms with Crippen molar-refractivity contribution in [3.05, 3.63) is 109 Å². The van der Waals surface area contributed by atoms with Crippen LogP contribution in [0.25, 0.3) is 12.2 Å². The van der Waals surface area contributed by atoms with E-state index < -0.39 is 29.5 Å². The number of hydrogen-bond acceptors (Lipinski definition) is 9. The average molecular weight is 1080 g/mol. The summed E-state index contributed by atoms with van der Waals surface area (Å²) in [5.41, 5.74) is 1.23. The van der Waals surface area contributed by atoms with Gasteiger partial charge >= 0.3 is 0 Å². The van der Waals surface area contributed by atoms with E-state index in [1.54, 1.807) is 53.2 Å². The van der Waals surface area contributed by atoms with Crippen molar-refractivity contribution in [3.63, 3.8) is 0 Å². The number of halogens is 2. The highest BCUT2D eigenvalue weighted by Crippen LogP contribution is 2.36. The molecule has 9 rings (SSSR count). The lowest BCUT2D eigenvalue weighted by Gasteiger charge is -2.40. The molecule has 2 atom stereocenters. The van der Waals surface area contributed by atoms with Crippen molar-refractivity contribution in [2.75, 3.05) is 72.0 Å². The number of nitrogens with one attached hydrogen (secondary N) is 2. The number of piperazine rings is 1. The van der Waals surface area contributed by atoms with Crippen molar-refractivity contribution < 1.29 is 37.5 Å². The molecule has 0 radical (unpaired) electrons. The number of H-pyrrole nitrogens is 1. The van der Waals surface area contributed by atoms with Crippen molar-refractivity contribution >= 4 is 41.7 Å². The maximum Gasteiger partial charge on any atom is 0.271 e. The van der Waals surface area contributed by atoms with Gasteiger partial charge in [0.25, 0.3) is 17.4 Å². The number of carbonyl (C=O) groups is 5. The van der Waals surface area contributed by atoms with Gasteiger partial charge in [-0.1, -0.05) is 89.0 Å². The van der Waals surface area contributed by atoms with E-state index in [1.807, 2.05) is 9.80 Å². The second-order valence-corrected chi connectivity index (χ2v) is 22.3. The Morgan fingerprint density at radius 2 is 1.45 bits per heavy atom. The molecule has 5 heterocycles. The van der Waals surface area contributed by atoms with Gasteiger partial charge in [-0.05, 0) is 106 Å². The Kier molecular flexibility index (Phi) is 20.6. The number of hydrogen-bond donors (Lipinski definition) is 2. The van der Waals surface area contributed by atoms with E-state index in [4.69, 9.17) is 4.74 Å². The summed E-state index contributed by atoms with van der Waals surface area (Å²) in [6, 6.07) is 8.59. The van der Waals surface area contributed by atoms with Crippen molar-refractivity contribution in [1.29, 1.82) is 0 Å². The fourth-order valence-corrected chi connectivity index (χ4v) is 11.9. The number of amides is 5. The Labute approximate surface area is 458 Å². The van der Waals surface area contributed by atoms with Gasteiger partial charge in [0.15, 0.2) is 0 Å². The Bertz CT molecular complexity index is 2790. The summed E-state index contributed by atoms with van der Waals surface area (Å²) in [5.74, 6) is -2.31. The first-order valence-electron chi connectivity index (χ1n) is 29.1. The molecule has 422 valence electrons. The van der Waals surface area contributed by atoms with Gasteiger partial charge in [0.05, 0.1) is 35.6 Å². The molecule has 6 fully saturated rings. The van der Waals surface area contributed by atoms with Gasteiger partial charge in [-0.2, -0.15) is 5.10 Å². The summed E-state index contributed by atoms with van der Waals surface area (Å²) in [4.78, 5) is 89.8. The van der Waals surface area contributed by atoms with E-state index in [9.17, 15) is 28.8 Å². The fraction of sp³-hybridized carbons (Fsp3) is 0.590. The van der Waals surface area contributed by atoms with Crippen molar-refractivity contribution in [2.45, 2.75) is 148 Å². The van der Waals surface area contributed by atoms with Crippen LogP contribution in [0.2, 0.25) is 0 Å². The molecule has 2 N–H and O–H groups in total. The average Bonchev–Trinajstić information content (AvgIpc) is 4.36. The number of allylic oxidation sites excluding steroid dienone is 1. The summed E-state index contributed by atoms with van der Waals surface area (Å²) in [6.45, 7) is 14.9. The summed E-state index contributed by atoms with van der Waals surface area (Å²) in [6.07, 6.45) is 18.8. The molecule has 2 saturated carbocycles. The quantitative estimate of drug-likeness (QED) is 0.174. The van der Waals surface area contributed by atoms with Crippen molar-refractivity contribution in [2.24, 2.45) is 11.8 Å². The van der Waals surface area contributed by atoms with Crippen LogP contribution in [0.5, 0.6) is 0 Å². The lowest BCUT2D eigenvalue weighted by Crippen LogP contribution is -2.55. The zero-order valence-corrected chi connectivity index (χ0v) is 46.3. The van der Waals surface area contributed by atoms with Gasteiger partial charge in [0.1, 0.15) is 17.7 Å². The lowest BCUT2D eigenvalue weighted by molar-refractivity contribution is -0.140. The highest BCUT2D eigenvalue weighted by atomic mass is 19.1. The molecule has 2 aromatic carbocycles. The van der Waals surface area contributed by atoms with E-state index in [0.717, 1.165) is 70.6 Å². The maximum atomic E-state index is 16.3. The van der Waals surface area contributed by atoms with Crippen LogP contribution < -0.4 is 21.3 Å². The van der Waals surface area contributed by atoms with Gasteiger partial charge in [-0.3, -0.25) is 33.7 Å². The van der Waals surface area contributed by atoms with Crippen LogP contribution in [-0.2, 0) is 25.5 Å². The van der Waals surface area contributed by atoms with Crippen LogP contribution in [0.3, 0.4) is 0 Å². The number of unbranched alkanes of at least 4 members (excludes halogenated alkanes) is 1. The van der Waals surface area contributed by atoms with Gasteiger partial charge < -0.3 is 29.7 Å². The third-order valence-electron chi connectivity index (χ3n) is 16.8. The van der Waals surface area contributed by atoms with Crippen LogP contribution in [0.1, 0.15) is 161 Å². The Hall–Kier alpha value is -6.07. The van der Waals surface area contributed by atoms with Gasteiger partial charge in [-0.15, -0.1) is 0 Å². The van der Waals surface area contributed by atoms with Crippen molar-refractivity contribution in [1.82, 2.24) is 40.0 Å². The van der Waals surface area contributed by atoms with Gasteiger partial charge in [0.2, 0.25) is 17.7 Å². The molecule has 0 spiro atoms. The minimum Gasteiger partial charge on any atom is -0.375 e. The number of likely N-dealkylation sites (tertiary alicyclic amines) is 3. The number of aromatic amines is 1. The molecule has 4 aliphatic heterocycles. The number of piperidine rings is 3. The molecular formula is C61H82F2N8O7. The van der Waals surface area contributed by atoms with E-state index in [-0.39, 0.29) is 90.4 Å². The SMILES string of the molecule is C=C/C=c1/c(Cc2ccc(F)c(C(=O)N3CCN(C(=O)CN4CCC(OC5CCN(C(=O)C(NC(=O)c6cccc(C7CCCN(C(=O)C8CC8)C7)c6F)C6CCCCC6)CC5)CC4)CC3)c2)n[nH]c(=O)/c1=C/C.CCCC. The Morgan fingerprint density at radius 3 is 2.10 bits per heavy atom. The highest BCUT2D eigenvalue weighted by molar-refractivity contribution is 5.98. The molecule has 4 saturated heterocycles. The number of ether oxygens (including phenoxy) is 1. The zero-order chi connectivity index (χ0) is 55.3. The fourth-order valence-electron chi connectivity index (χ4n) is 11.9. The second kappa shape index (κ2) is 27.7. The molecule has 1 aromatic heterocycles. The molecule has 2 unspecified atom stereocenters. The van der Waals surface area contributed by atoms with E-state index in [1.165, 1.54) is 31.0 Å². The maximum absolute atomic E-state index is 16.3. The number of rotatable bonds is 15. The number of nitrogens with zero attached hydrogens (tertiary/aromatic N) is 6. The smallest absolute Gasteiger partial charge is 0.271 e. The molecule has 17 heteroatoms. The van der Waals surface area contributed by atoms with Gasteiger partial charge in [0, 0.05) is 94.1 Å². The standard InChI is InChI=1S/C57H72F2N8O7.C4H10/c1-3-10-45-43(4-2)54(70)62-61-49(45)34-37-16-19-48(58)47(33-37)56(72)66-31-29-64(30-32-66)50(68)36-63-25-20-41(21-26-63)74-42-22-27-65(28-23-42)57(73)52(38-11-6-5-7-12-38)60-53(69)46-15-8-14-44(51(46)59)40-13-9-24-67(35-40)55(71)39-17-18-39;1-3-4-2/h3-4,8,10,14-16,19,33,38-42,52H,1,5-7,9,11-13,17-18,20-32,34-36H2,2H3,(H,60,69)(H,62,70);3-4H2,1-2H3/b43-4+,45-10+;. The topological polar surface area (TPSA) is 169 Å². The van der Waals surface area contributed by atoms with Crippen LogP contribution in [0.4, 0.5) is 8.78 Å². The van der Waals surface area contributed by atoms with Crippen LogP contribution >= 0.6 is 0 Å². The largest absolute Gasteiger partial charge is 0.375 e. The number of carbonyl (C=O) groups excluding carboxylic acids is 5. The van der Waals surface area contributed by atoms with E-state index in [2.05, 4.69) is 40.8 Å². The molecule has 0 bridgehead atoms. The normalized spacial score (nSPS) is 21.0. The summed E-state index contributed by atoms with van der Waals surface area (Å²) in [7, 11) is 0. The molecule has 5 amide bonds. The second-order valence-electron chi connectivity index (χ2n) is 22.3. The summed E-state index contributed by atoms with van der Waals surface area (Å²) < 4.78 is 38.1. The molecular weight excluding hydrogens is 995 g/mol. The minimum absolute atomic E-state index is 0.0130. The summed E-state index contributed by atoms with van der Waals surface area (Å²) >= 11 is 0. The molecule has 2 aliphatic carbocycles. The van der Waals surface area contributed by atoms with Crippen LogP contribution in [0.15, 0.2) is 53.8 Å².